The number of nitrogens with zero attached hydrogens (tertiary/aromatic N) is 2. The minimum atomic E-state index is 0.212. The number of aromatic nitrogens is 1. The molecule has 0 atom stereocenters. The number of hydrogen-bond acceptors (Lipinski definition) is 4. The summed E-state index contributed by atoms with van der Waals surface area (Å²) in [6.45, 7) is 2.55. The van der Waals surface area contributed by atoms with Crippen molar-refractivity contribution < 1.29 is 5.11 Å². The summed E-state index contributed by atoms with van der Waals surface area (Å²) in [7, 11) is 0. The van der Waals surface area contributed by atoms with Crippen LogP contribution in [0.2, 0.25) is 0 Å². The number of benzene rings is 2. The minimum Gasteiger partial charge on any atom is -0.493 e. The molecule has 0 unspecified atom stereocenters. The molecule has 0 aliphatic carbocycles. The van der Waals surface area contributed by atoms with E-state index in [-0.39, 0.29) is 5.88 Å². The van der Waals surface area contributed by atoms with Crippen molar-refractivity contribution in [3.63, 3.8) is 0 Å². The fraction of sp³-hybridized carbons (Fsp3) is 0.100. The molecule has 1 N–H and O–H groups in total. The maximum absolute atomic E-state index is 10.7. The Morgan fingerprint density at radius 2 is 1.84 bits per heavy atom. The molecule has 0 spiro atoms. The topological polar surface area (TPSA) is 37.5 Å². The number of allylic oxidation sites excluding steroid dienone is 1. The summed E-state index contributed by atoms with van der Waals surface area (Å²) in [5.74, 6) is 0.212. The lowest BCUT2D eigenvalue weighted by Gasteiger charge is -2.05. The zero-order chi connectivity index (χ0) is 17.4. The van der Waals surface area contributed by atoms with E-state index in [1.54, 1.807) is 4.57 Å². The van der Waals surface area contributed by atoms with Crippen LogP contribution in [0.5, 0.6) is 5.88 Å². The van der Waals surface area contributed by atoms with E-state index < -0.39 is 0 Å². The first-order chi connectivity index (χ1) is 12.1. The van der Waals surface area contributed by atoms with Crippen LogP contribution in [0.1, 0.15) is 22.9 Å². The van der Waals surface area contributed by atoms with E-state index in [2.05, 4.69) is 11.1 Å². The summed E-state index contributed by atoms with van der Waals surface area (Å²) in [4.78, 5) is 5.36. The maximum Gasteiger partial charge on any atom is 0.210 e. The molecule has 3 aromatic rings. The molecule has 1 aliphatic rings. The monoisotopic (exact) mass is 364 g/mol. The molecule has 5 heteroatoms. The van der Waals surface area contributed by atoms with Gasteiger partial charge in [0.15, 0.2) is 3.95 Å². The Kier molecular flexibility index (Phi) is 4.11. The number of aliphatic imine (C=N–C) groups is 1. The SMILES string of the molecule is CC1=Nc2ccccc2/C1=C/c1sc(=S)n(Cc2ccccc2)c1O. The van der Waals surface area contributed by atoms with E-state index in [0.29, 0.717) is 10.5 Å². The smallest absolute Gasteiger partial charge is 0.210 e. The number of fused-ring (bicyclic) bond motifs is 1. The van der Waals surface area contributed by atoms with E-state index in [4.69, 9.17) is 12.2 Å². The zero-order valence-corrected chi connectivity index (χ0v) is 15.3. The highest BCUT2D eigenvalue weighted by atomic mass is 32.1. The van der Waals surface area contributed by atoms with Gasteiger partial charge in [-0.3, -0.25) is 9.56 Å². The third-order valence-corrected chi connectivity index (χ3v) is 5.61. The number of thiazole rings is 1. The molecule has 0 saturated heterocycles. The Labute approximate surface area is 155 Å². The van der Waals surface area contributed by atoms with Gasteiger partial charge in [0.25, 0.3) is 0 Å². The highest BCUT2D eigenvalue weighted by Gasteiger charge is 2.19. The van der Waals surface area contributed by atoms with Crippen molar-refractivity contribution in [2.45, 2.75) is 13.5 Å². The van der Waals surface area contributed by atoms with E-state index in [0.717, 1.165) is 33.0 Å². The summed E-state index contributed by atoms with van der Waals surface area (Å²) in [6.07, 6.45) is 1.99. The van der Waals surface area contributed by atoms with Crippen LogP contribution in [0, 0.1) is 3.95 Å². The second-order valence-corrected chi connectivity index (χ2v) is 7.58. The van der Waals surface area contributed by atoms with Crippen LogP contribution in [0.3, 0.4) is 0 Å². The van der Waals surface area contributed by atoms with Crippen LogP contribution in [-0.4, -0.2) is 15.4 Å². The van der Waals surface area contributed by atoms with Gasteiger partial charge in [-0.1, -0.05) is 48.5 Å². The van der Waals surface area contributed by atoms with Gasteiger partial charge in [-0.15, -0.1) is 11.3 Å². The Hall–Kier alpha value is -2.50. The molecule has 0 radical (unpaired) electrons. The molecular formula is C20H16N2OS2. The molecule has 0 saturated carbocycles. The number of aromatic hydroxyl groups is 1. The maximum atomic E-state index is 10.7. The Morgan fingerprint density at radius 1 is 1.12 bits per heavy atom. The highest BCUT2D eigenvalue weighted by molar-refractivity contribution is 7.73. The lowest BCUT2D eigenvalue weighted by molar-refractivity contribution is 0.422. The fourth-order valence-electron chi connectivity index (χ4n) is 2.96. The normalized spacial score (nSPS) is 14.6. The third kappa shape index (κ3) is 2.97. The van der Waals surface area contributed by atoms with Crippen molar-refractivity contribution in [3.8, 4) is 5.88 Å². The van der Waals surface area contributed by atoms with Gasteiger partial charge < -0.3 is 5.11 Å². The van der Waals surface area contributed by atoms with Crippen LogP contribution in [0.25, 0.3) is 11.6 Å². The van der Waals surface area contributed by atoms with Gasteiger partial charge in [-0.2, -0.15) is 0 Å². The minimum absolute atomic E-state index is 0.212. The predicted molar refractivity (Wildman–Crippen MR) is 107 cm³/mol. The van der Waals surface area contributed by atoms with Crippen molar-refractivity contribution in [3.05, 3.63) is 74.6 Å². The van der Waals surface area contributed by atoms with Gasteiger partial charge in [-0.25, -0.2) is 0 Å². The molecule has 2 aromatic carbocycles. The molecule has 124 valence electrons. The van der Waals surface area contributed by atoms with Crippen LogP contribution in [0.4, 0.5) is 5.69 Å². The van der Waals surface area contributed by atoms with Gasteiger partial charge in [0.05, 0.1) is 17.1 Å². The molecule has 1 aromatic heterocycles. The third-order valence-electron chi connectivity index (χ3n) is 4.22. The van der Waals surface area contributed by atoms with Crippen LogP contribution in [0.15, 0.2) is 59.6 Å². The first-order valence-electron chi connectivity index (χ1n) is 7.97. The zero-order valence-electron chi connectivity index (χ0n) is 13.6. The summed E-state index contributed by atoms with van der Waals surface area (Å²) in [5.41, 5.74) is 5.16. The Bertz CT molecular complexity index is 1060. The van der Waals surface area contributed by atoms with Crippen LogP contribution >= 0.6 is 23.6 Å². The summed E-state index contributed by atoms with van der Waals surface area (Å²) < 4.78 is 2.43. The summed E-state index contributed by atoms with van der Waals surface area (Å²) >= 11 is 6.89. The highest BCUT2D eigenvalue weighted by Crippen LogP contribution is 2.38. The van der Waals surface area contributed by atoms with Crippen molar-refractivity contribution >= 4 is 46.6 Å². The van der Waals surface area contributed by atoms with Crippen molar-refractivity contribution in [1.82, 2.24) is 4.57 Å². The standard InChI is InChI=1S/C20H16N2OS2/c1-13-16(15-9-5-6-10-17(15)21-13)11-18-19(23)22(20(24)25-18)12-14-7-3-2-4-8-14/h2-11,23H,12H2,1H3/b16-11+. The molecule has 0 fully saturated rings. The van der Waals surface area contributed by atoms with Gasteiger partial charge in [-0.05, 0) is 36.8 Å². The molecule has 2 heterocycles. The lowest BCUT2D eigenvalue weighted by atomic mass is 10.0. The molecule has 4 rings (SSSR count). The van der Waals surface area contributed by atoms with E-state index in [1.807, 2.05) is 61.5 Å². The van der Waals surface area contributed by atoms with Crippen molar-refractivity contribution in [1.29, 1.82) is 0 Å². The summed E-state index contributed by atoms with van der Waals surface area (Å²) in [6, 6.07) is 18.1. The van der Waals surface area contributed by atoms with Crippen LogP contribution in [-0.2, 0) is 6.54 Å². The summed E-state index contributed by atoms with van der Waals surface area (Å²) in [5, 5.41) is 10.7. The molecule has 1 aliphatic heterocycles. The van der Waals surface area contributed by atoms with Gasteiger partial charge in [0, 0.05) is 16.8 Å². The molecular weight excluding hydrogens is 348 g/mol. The van der Waals surface area contributed by atoms with Gasteiger partial charge in [0.1, 0.15) is 0 Å². The molecule has 3 nitrogen and oxygen atoms in total. The average Bonchev–Trinajstić information content (AvgIpc) is 3.07. The molecule has 0 amide bonds. The average molecular weight is 364 g/mol. The number of para-hydroxylation sites is 1. The Balaban J connectivity index is 1.75. The lowest BCUT2D eigenvalue weighted by Crippen LogP contribution is -1.98. The largest absolute Gasteiger partial charge is 0.493 e. The van der Waals surface area contributed by atoms with Gasteiger partial charge in [0.2, 0.25) is 5.88 Å². The Morgan fingerprint density at radius 3 is 2.64 bits per heavy atom. The van der Waals surface area contributed by atoms with E-state index >= 15 is 0 Å². The first kappa shape index (κ1) is 16.0. The van der Waals surface area contributed by atoms with Gasteiger partial charge >= 0.3 is 0 Å². The fourth-order valence-corrected chi connectivity index (χ4v) is 4.21. The van der Waals surface area contributed by atoms with E-state index in [9.17, 15) is 5.11 Å². The first-order valence-corrected chi connectivity index (χ1v) is 9.19. The second kappa shape index (κ2) is 6.43. The molecule has 0 bridgehead atoms. The molecule has 25 heavy (non-hydrogen) atoms. The second-order valence-electron chi connectivity index (χ2n) is 5.90. The van der Waals surface area contributed by atoms with Crippen LogP contribution < -0.4 is 0 Å². The van der Waals surface area contributed by atoms with E-state index in [1.165, 1.54) is 11.3 Å². The van der Waals surface area contributed by atoms with Crippen molar-refractivity contribution in [2.75, 3.05) is 0 Å². The number of rotatable bonds is 3. The number of hydrogen-bond donors (Lipinski definition) is 1. The quantitative estimate of drug-likeness (QED) is 0.607. The predicted octanol–water partition coefficient (Wildman–Crippen LogP) is 5.68. The van der Waals surface area contributed by atoms with Crippen molar-refractivity contribution in [2.24, 2.45) is 4.99 Å².